The Kier molecular flexibility index (Phi) is 34.7. The van der Waals surface area contributed by atoms with Crippen LogP contribution in [-0.4, -0.2) is 124 Å². The molecule has 28 nitrogen and oxygen atoms in total. The third kappa shape index (κ3) is 23.6. The molecule has 0 aromatic heterocycles. The van der Waals surface area contributed by atoms with Gasteiger partial charge in [-0.1, -0.05) is 39.3 Å². The van der Waals surface area contributed by atoms with Gasteiger partial charge < -0.3 is 97.7 Å². The minimum Gasteiger partial charge on any atom is -0.539 e. The molecule has 8 bridgehead atoms. The smallest absolute Gasteiger partial charge is 0.359 e. The Balaban J connectivity index is 0. The zero-order chi connectivity index (χ0) is 64.6. The van der Waals surface area contributed by atoms with E-state index in [1.54, 1.807) is 0 Å². The minimum absolute atomic E-state index is 0. The van der Waals surface area contributed by atoms with Crippen LogP contribution in [0.2, 0.25) is 0 Å². The molecule has 11 fully saturated rings. The Morgan fingerprint density at radius 1 is 0.559 bits per heavy atom. The second-order valence-electron chi connectivity index (χ2n) is 23.8. The average molecular weight is 1310 g/mol. The highest BCUT2D eigenvalue weighted by Gasteiger charge is 2.60. The first-order valence-corrected chi connectivity index (χ1v) is 28.8. The lowest BCUT2D eigenvalue weighted by molar-refractivity contribution is -0.308. The van der Waals surface area contributed by atoms with Crippen LogP contribution in [0.15, 0.2) is 24.3 Å². The summed E-state index contributed by atoms with van der Waals surface area (Å²) in [6.07, 6.45) is 17.8. The number of cyclic esters (lactones) is 1. The molecule has 3 unspecified atom stereocenters. The Hall–Kier alpha value is -9.00. The molecule has 1 aliphatic heterocycles. The Morgan fingerprint density at radius 2 is 0.989 bits per heavy atom. The highest BCUT2D eigenvalue weighted by molar-refractivity contribution is 6.29. The fourth-order valence-electron chi connectivity index (χ4n) is 14.4. The second-order valence-corrected chi connectivity index (χ2v) is 23.8. The molecule has 514 valence electrons. The number of carboxylic acid groups (broad SMARTS) is 6. The largest absolute Gasteiger partial charge is 0.539 e. The monoisotopic (exact) mass is 1310 g/mol. The Bertz CT molecular complexity index is 2750. The van der Waals surface area contributed by atoms with Crippen LogP contribution in [0, 0.1) is 92.6 Å². The normalized spacial score (nSPS) is 26.8. The van der Waals surface area contributed by atoms with Gasteiger partial charge in [0, 0.05) is 57.4 Å². The van der Waals surface area contributed by atoms with Crippen LogP contribution >= 0.6 is 0 Å². The zero-order valence-electron chi connectivity index (χ0n) is 54.3. The van der Waals surface area contributed by atoms with Crippen LogP contribution in [0.5, 0.6) is 5.75 Å². The molecule has 1 aromatic rings. The standard InChI is InChI=1S/C14H20O4.C12H16O5.C10H16O4.C9H5NO4.C8H12O4.C6H6O6.6CH3/c1-2-14(18-13(17)12(15)16)10-4-8-3-9(6-10)7-11(14)5-8;13-9(14)10(15)17-12-4-7-1-8(5-12)3-11(16,2-7)6-12;1-7(2)10(5-3-4-6-10)14-9(13)8(11)12;1-10-6-2-4-7(5-3-6)14-9(13)8(11)12;9-7(10)8(11)12-6-4-2-1-3-5-6;7-4(8)6(10)12-3-1-2-11-5(3)9;;;;;;/h8-11H,2-7H2,1H3,(H,15,16);7-8,16H,1-6H2,(H,13,14);7H,3-6H2,1-2H3,(H,11,12);2-5H,(H,11,12);6H,1-5H2,(H,9,10);3H,1-2H2,(H,7,8);6*1H3/q;;;;;;6*+1/p-6. The van der Waals surface area contributed by atoms with Gasteiger partial charge in [0.1, 0.15) is 28.7 Å². The summed E-state index contributed by atoms with van der Waals surface area (Å²) in [5, 5.41) is 71.6. The van der Waals surface area contributed by atoms with E-state index in [4.69, 9.17) is 20.8 Å². The van der Waals surface area contributed by atoms with E-state index >= 15 is 0 Å². The molecule has 1 N–H and O–H groups in total. The topological polar surface area (TPSA) is 449 Å². The van der Waals surface area contributed by atoms with E-state index in [1.165, 1.54) is 30.7 Å². The van der Waals surface area contributed by atoms with Crippen molar-refractivity contribution in [3.8, 4) is 5.75 Å². The molecule has 1 aromatic carbocycles. The SMILES string of the molecule is CC(C)C1(OC(=O)C(=O)[O-])CCCC1.CCC1(OC(=O)C(=O)[O-])C2CC3CC(C2)CC1C3.O=C([O-])C(=O)OC12CC3CC(CC(O)(C3)C1)C2.O=C([O-])C(=O)OC1CCCCC1.O=C([O-])C(=O)OC1CCOC1=O.[C-]#[N+]c1ccc(OC(=O)C(=O)[O-])cc1.[CH3+].[CH3+].[CH3+].[CH3+].[CH3+].[CH3+]. The van der Waals surface area contributed by atoms with Crippen LogP contribution < -0.4 is 35.4 Å². The van der Waals surface area contributed by atoms with Gasteiger partial charge in [0.25, 0.3) is 0 Å². The lowest BCUT2D eigenvalue weighted by atomic mass is 9.49. The van der Waals surface area contributed by atoms with E-state index in [9.17, 15) is 98.1 Å². The Labute approximate surface area is 543 Å². The van der Waals surface area contributed by atoms with E-state index < -0.39 is 106 Å². The maximum Gasteiger partial charge on any atom is 0.359 e. The number of aliphatic hydroxyl groups is 1. The molecule has 0 radical (unpaired) electrons. The van der Waals surface area contributed by atoms with Gasteiger partial charge in [-0.05, 0) is 176 Å². The van der Waals surface area contributed by atoms with Crippen molar-refractivity contribution in [3.63, 3.8) is 0 Å². The van der Waals surface area contributed by atoms with Gasteiger partial charge in [-0.15, -0.1) is 0 Å². The molecule has 10 saturated carbocycles. The average Bonchev–Trinajstić information content (AvgIpc) is 1.21. The summed E-state index contributed by atoms with van der Waals surface area (Å²) in [5.41, 5.74) is -2.23. The predicted octanol–water partition coefficient (Wildman–Crippen LogP) is 0.298. The summed E-state index contributed by atoms with van der Waals surface area (Å²) in [6, 6.07) is 5.47. The Morgan fingerprint density at radius 3 is 1.39 bits per heavy atom. The van der Waals surface area contributed by atoms with Crippen molar-refractivity contribution in [1.29, 1.82) is 0 Å². The summed E-state index contributed by atoms with van der Waals surface area (Å²) in [5.74, 6) is -16.3. The van der Waals surface area contributed by atoms with Crippen LogP contribution in [-0.2, 0) is 90.8 Å². The molecule has 0 amide bonds. The van der Waals surface area contributed by atoms with E-state index in [2.05, 4.69) is 23.8 Å². The van der Waals surface area contributed by atoms with Crippen molar-refractivity contribution in [2.45, 2.75) is 197 Å². The molecule has 1 heterocycles. The fraction of sp³-hybridized carbons (Fsp3) is 0.600. The highest BCUT2D eigenvalue weighted by Crippen LogP contribution is 2.61. The number of benzene rings is 1. The van der Waals surface area contributed by atoms with E-state index in [-0.39, 0.29) is 75.4 Å². The number of carbonyl (C=O) groups excluding carboxylic acids is 13. The number of hydrogen-bond donors (Lipinski definition) is 1. The number of hydrogen-bond acceptors (Lipinski definition) is 27. The zero-order valence-corrected chi connectivity index (χ0v) is 54.3. The van der Waals surface area contributed by atoms with E-state index in [0.29, 0.717) is 48.6 Å². The lowest BCUT2D eigenvalue weighted by Gasteiger charge is -2.60. The van der Waals surface area contributed by atoms with Crippen molar-refractivity contribution < 1.29 is 131 Å². The van der Waals surface area contributed by atoms with Gasteiger partial charge in [-0.2, -0.15) is 0 Å². The molecular weight excluding hydrogens is 1230 g/mol. The molecule has 1 saturated heterocycles. The van der Waals surface area contributed by atoms with Crippen molar-refractivity contribution in [3.05, 3.63) is 80.2 Å². The third-order valence-corrected chi connectivity index (χ3v) is 17.6. The van der Waals surface area contributed by atoms with Crippen LogP contribution in [0.1, 0.15) is 162 Å². The van der Waals surface area contributed by atoms with E-state index in [1.807, 2.05) is 20.8 Å². The summed E-state index contributed by atoms with van der Waals surface area (Å²) in [6.45, 7) is 12.7. The number of carboxylic acids is 6. The van der Waals surface area contributed by atoms with Gasteiger partial charge in [0.15, 0.2) is 41.5 Å². The molecule has 3 atom stereocenters. The number of esters is 7. The maximum absolute atomic E-state index is 11.4. The molecule has 12 rings (SSSR count). The molecule has 10 aliphatic carbocycles. The minimum atomic E-state index is -1.96. The van der Waals surface area contributed by atoms with Crippen LogP contribution in [0.25, 0.3) is 4.85 Å². The first-order valence-electron chi connectivity index (χ1n) is 28.8. The number of rotatable bonds is 8. The summed E-state index contributed by atoms with van der Waals surface area (Å²) >= 11 is 0. The van der Waals surface area contributed by atoms with Crippen molar-refractivity contribution in [2.75, 3.05) is 6.61 Å². The van der Waals surface area contributed by atoms with Gasteiger partial charge >= 0.3 is 41.8 Å². The number of nitrogens with zero attached hydrogens (tertiary/aromatic N) is 1. The van der Waals surface area contributed by atoms with Crippen LogP contribution in [0.4, 0.5) is 5.69 Å². The fourth-order valence-corrected chi connectivity index (χ4v) is 14.4. The van der Waals surface area contributed by atoms with Gasteiger partial charge in [0.05, 0.1) is 18.8 Å². The summed E-state index contributed by atoms with van der Waals surface area (Å²) in [7, 11) is 0. The molecular formula is C65H87NO27. The first kappa shape index (κ1) is 86.1. The summed E-state index contributed by atoms with van der Waals surface area (Å²) < 4.78 is 33.2. The predicted molar refractivity (Wildman–Crippen MR) is 312 cm³/mol. The number of aliphatic carboxylic acids is 6. The third-order valence-electron chi connectivity index (χ3n) is 17.6. The number of carbonyl (C=O) groups is 13. The van der Waals surface area contributed by atoms with Crippen LogP contribution in [0.3, 0.4) is 0 Å². The second kappa shape index (κ2) is 37.5. The molecule has 93 heavy (non-hydrogen) atoms. The lowest BCUT2D eigenvalue weighted by Crippen LogP contribution is -2.61. The van der Waals surface area contributed by atoms with Gasteiger partial charge in [-0.3, -0.25) is 0 Å². The number of ether oxygens (including phenoxy) is 7. The quantitative estimate of drug-likeness (QED) is 0.120. The first-order chi connectivity index (χ1) is 40.9. The van der Waals surface area contributed by atoms with Gasteiger partial charge in [0.2, 0.25) is 6.10 Å². The molecule has 11 aliphatic rings. The van der Waals surface area contributed by atoms with Crippen molar-refractivity contribution >= 4 is 83.3 Å². The van der Waals surface area contributed by atoms with Gasteiger partial charge in [-0.25, -0.2) is 38.4 Å². The van der Waals surface area contributed by atoms with E-state index in [0.717, 1.165) is 121 Å². The maximum atomic E-state index is 11.4. The molecule has 28 heteroatoms. The summed E-state index contributed by atoms with van der Waals surface area (Å²) in [4.78, 5) is 140. The molecule has 0 spiro atoms. The van der Waals surface area contributed by atoms with Crippen molar-refractivity contribution in [2.24, 2.45) is 41.4 Å². The highest BCUT2D eigenvalue weighted by atomic mass is 16.6. The van der Waals surface area contributed by atoms with Crippen molar-refractivity contribution in [1.82, 2.24) is 0 Å².